The van der Waals surface area contributed by atoms with Gasteiger partial charge in [-0.1, -0.05) is 178 Å². The van der Waals surface area contributed by atoms with Crippen LogP contribution in [0.5, 0.6) is 0 Å². The van der Waals surface area contributed by atoms with Gasteiger partial charge in [0, 0.05) is 19.3 Å². The standard InChI is InChI=1S/C51H88O6/c1-4-7-10-13-16-19-22-24-25-26-27-30-32-35-38-41-44-50(53)56-47-48(46-55-49(52)43-40-37-34-31-28-21-18-15-12-9-6-3)57-51(54)45-42-39-36-33-29-23-20-17-14-11-8-5-2/h8,11,15,17-18,20,25-27,30,48H,4-7,9-10,12-14,16,19,21-24,28-29,31-47H2,1-3H3/b11-8-,18-15-,20-17-,26-25-,30-27-. The first-order chi connectivity index (χ1) is 28.0. The van der Waals surface area contributed by atoms with Gasteiger partial charge in [-0.05, 0) is 89.9 Å². The molecule has 0 saturated carbocycles. The molecule has 6 nitrogen and oxygen atoms in total. The van der Waals surface area contributed by atoms with Crippen LogP contribution in [0.4, 0.5) is 0 Å². The van der Waals surface area contributed by atoms with Crippen molar-refractivity contribution in [3.8, 4) is 0 Å². The summed E-state index contributed by atoms with van der Waals surface area (Å²) in [5, 5.41) is 0. The van der Waals surface area contributed by atoms with Crippen LogP contribution in [-0.4, -0.2) is 37.2 Å². The largest absolute Gasteiger partial charge is 0.462 e. The molecule has 0 bridgehead atoms. The van der Waals surface area contributed by atoms with Crippen molar-refractivity contribution in [3.05, 3.63) is 60.8 Å². The molecule has 0 saturated heterocycles. The Labute approximate surface area is 351 Å². The Balaban J connectivity index is 4.43. The van der Waals surface area contributed by atoms with E-state index in [2.05, 4.69) is 81.5 Å². The molecule has 0 aliphatic rings. The van der Waals surface area contributed by atoms with Crippen molar-refractivity contribution in [3.63, 3.8) is 0 Å². The van der Waals surface area contributed by atoms with Crippen LogP contribution in [0, 0.1) is 0 Å². The number of esters is 3. The molecule has 0 spiro atoms. The third kappa shape index (κ3) is 44.1. The molecule has 0 rings (SSSR count). The first-order valence-electron chi connectivity index (χ1n) is 23.8. The molecule has 0 amide bonds. The van der Waals surface area contributed by atoms with Gasteiger partial charge in [0.1, 0.15) is 13.2 Å². The summed E-state index contributed by atoms with van der Waals surface area (Å²) in [6.45, 7) is 6.43. The lowest BCUT2D eigenvalue weighted by Crippen LogP contribution is -2.30. The quantitative estimate of drug-likeness (QED) is 0.0201. The van der Waals surface area contributed by atoms with E-state index in [1.54, 1.807) is 0 Å². The van der Waals surface area contributed by atoms with Crippen molar-refractivity contribution in [2.75, 3.05) is 13.2 Å². The van der Waals surface area contributed by atoms with Crippen molar-refractivity contribution in [1.29, 1.82) is 0 Å². The zero-order valence-corrected chi connectivity index (χ0v) is 37.3. The average molecular weight is 797 g/mol. The van der Waals surface area contributed by atoms with Crippen LogP contribution in [-0.2, 0) is 28.6 Å². The number of carbonyl (C=O) groups is 3. The number of allylic oxidation sites excluding steroid dienone is 10. The number of hydrogen-bond acceptors (Lipinski definition) is 6. The fourth-order valence-electron chi connectivity index (χ4n) is 6.39. The molecule has 0 aromatic carbocycles. The van der Waals surface area contributed by atoms with E-state index in [-0.39, 0.29) is 31.1 Å². The van der Waals surface area contributed by atoms with E-state index in [1.807, 2.05) is 0 Å². The van der Waals surface area contributed by atoms with Crippen LogP contribution < -0.4 is 0 Å². The van der Waals surface area contributed by atoms with Crippen LogP contribution >= 0.6 is 0 Å². The predicted octanol–water partition coefficient (Wildman–Crippen LogP) is 15.3. The van der Waals surface area contributed by atoms with Crippen molar-refractivity contribution in [1.82, 2.24) is 0 Å². The first kappa shape index (κ1) is 54.1. The monoisotopic (exact) mass is 797 g/mol. The number of carbonyl (C=O) groups excluding carboxylic acids is 3. The number of unbranched alkanes of at least 4 members (excludes halogenated alkanes) is 22. The van der Waals surface area contributed by atoms with Crippen molar-refractivity contribution >= 4 is 17.9 Å². The van der Waals surface area contributed by atoms with E-state index in [1.165, 1.54) is 77.0 Å². The molecule has 0 aliphatic carbocycles. The van der Waals surface area contributed by atoms with E-state index in [4.69, 9.17) is 14.2 Å². The number of rotatable bonds is 42. The molecule has 1 atom stereocenters. The SMILES string of the molecule is CC/C=C\C/C=C\CCCCCCCC(=O)OC(COC(=O)CCCCC/C=C\C=C/CCCCCCCCC)COC(=O)CCCCCCC/C=C\CCCC. The summed E-state index contributed by atoms with van der Waals surface area (Å²) in [5.74, 6) is -0.947. The molecular weight excluding hydrogens is 709 g/mol. The second-order valence-electron chi connectivity index (χ2n) is 15.7. The smallest absolute Gasteiger partial charge is 0.306 e. The van der Waals surface area contributed by atoms with E-state index in [0.29, 0.717) is 19.3 Å². The summed E-state index contributed by atoms with van der Waals surface area (Å²) < 4.78 is 16.7. The molecule has 0 heterocycles. The molecule has 0 aliphatic heterocycles. The summed E-state index contributed by atoms with van der Waals surface area (Å²) in [6, 6.07) is 0. The molecule has 1 unspecified atom stereocenters. The van der Waals surface area contributed by atoms with Gasteiger partial charge in [-0.2, -0.15) is 0 Å². The molecule has 6 heteroatoms. The summed E-state index contributed by atoms with van der Waals surface area (Å²) in [7, 11) is 0. The molecule has 0 fully saturated rings. The highest BCUT2D eigenvalue weighted by Crippen LogP contribution is 2.13. The Kier molecular flexibility index (Phi) is 43.5. The van der Waals surface area contributed by atoms with Gasteiger partial charge < -0.3 is 14.2 Å². The zero-order valence-electron chi connectivity index (χ0n) is 37.3. The Morgan fingerprint density at radius 3 is 1.25 bits per heavy atom. The third-order valence-electron chi connectivity index (χ3n) is 10.0. The van der Waals surface area contributed by atoms with Crippen LogP contribution in [0.3, 0.4) is 0 Å². The summed E-state index contributed by atoms with van der Waals surface area (Å²) in [4.78, 5) is 37.8. The van der Waals surface area contributed by atoms with Gasteiger partial charge in [0.25, 0.3) is 0 Å². The Hall–Kier alpha value is -2.89. The third-order valence-corrected chi connectivity index (χ3v) is 10.0. The van der Waals surface area contributed by atoms with Gasteiger partial charge in [-0.3, -0.25) is 14.4 Å². The second kappa shape index (κ2) is 45.8. The van der Waals surface area contributed by atoms with Gasteiger partial charge in [0.05, 0.1) is 0 Å². The Morgan fingerprint density at radius 2 is 0.754 bits per heavy atom. The van der Waals surface area contributed by atoms with Gasteiger partial charge >= 0.3 is 17.9 Å². The van der Waals surface area contributed by atoms with Crippen molar-refractivity contribution in [2.45, 2.75) is 232 Å². The molecule has 0 N–H and O–H groups in total. The van der Waals surface area contributed by atoms with Crippen LogP contribution in [0.25, 0.3) is 0 Å². The van der Waals surface area contributed by atoms with Crippen LogP contribution in [0.15, 0.2) is 60.8 Å². The Morgan fingerprint density at radius 1 is 0.386 bits per heavy atom. The molecule has 0 radical (unpaired) electrons. The highest BCUT2D eigenvalue weighted by Gasteiger charge is 2.19. The summed E-state index contributed by atoms with van der Waals surface area (Å²) in [6.07, 6.45) is 54.9. The minimum absolute atomic E-state index is 0.0935. The van der Waals surface area contributed by atoms with Crippen molar-refractivity contribution in [2.24, 2.45) is 0 Å². The molecular formula is C51H88O6. The van der Waals surface area contributed by atoms with Gasteiger partial charge in [0.2, 0.25) is 0 Å². The summed E-state index contributed by atoms with van der Waals surface area (Å²) >= 11 is 0. The minimum Gasteiger partial charge on any atom is -0.462 e. The second-order valence-corrected chi connectivity index (χ2v) is 15.7. The fraction of sp³-hybridized carbons (Fsp3) is 0.745. The van der Waals surface area contributed by atoms with Crippen molar-refractivity contribution < 1.29 is 28.6 Å². The lowest BCUT2D eigenvalue weighted by Gasteiger charge is -2.18. The highest BCUT2D eigenvalue weighted by atomic mass is 16.6. The molecule has 57 heavy (non-hydrogen) atoms. The van der Waals surface area contributed by atoms with E-state index in [9.17, 15) is 14.4 Å². The predicted molar refractivity (Wildman–Crippen MR) is 242 cm³/mol. The maximum absolute atomic E-state index is 12.7. The number of ether oxygens (including phenoxy) is 3. The Bertz CT molecular complexity index is 1050. The van der Waals surface area contributed by atoms with Gasteiger partial charge in [-0.25, -0.2) is 0 Å². The van der Waals surface area contributed by atoms with Crippen LogP contribution in [0.1, 0.15) is 226 Å². The fourth-order valence-corrected chi connectivity index (χ4v) is 6.39. The molecule has 328 valence electrons. The maximum atomic E-state index is 12.7. The van der Waals surface area contributed by atoms with E-state index >= 15 is 0 Å². The highest BCUT2D eigenvalue weighted by molar-refractivity contribution is 5.71. The number of hydrogen-bond donors (Lipinski definition) is 0. The lowest BCUT2D eigenvalue weighted by atomic mass is 10.1. The topological polar surface area (TPSA) is 78.9 Å². The summed E-state index contributed by atoms with van der Waals surface area (Å²) in [5.41, 5.74) is 0. The average Bonchev–Trinajstić information content (AvgIpc) is 3.21. The van der Waals surface area contributed by atoms with E-state index < -0.39 is 6.10 Å². The lowest BCUT2D eigenvalue weighted by molar-refractivity contribution is -0.167. The maximum Gasteiger partial charge on any atom is 0.306 e. The van der Waals surface area contributed by atoms with Gasteiger partial charge in [-0.15, -0.1) is 0 Å². The van der Waals surface area contributed by atoms with Crippen LogP contribution in [0.2, 0.25) is 0 Å². The van der Waals surface area contributed by atoms with E-state index in [0.717, 1.165) is 109 Å². The van der Waals surface area contributed by atoms with Gasteiger partial charge in [0.15, 0.2) is 6.10 Å². The first-order valence-corrected chi connectivity index (χ1v) is 23.8. The minimum atomic E-state index is -0.793. The normalized spacial score (nSPS) is 12.5. The molecule has 0 aromatic heterocycles. The zero-order chi connectivity index (χ0) is 41.5. The molecule has 0 aromatic rings.